The third kappa shape index (κ3) is 12.2. The fourth-order valence-corrected chi connectivity index (χ4v) is 2.89. The minimum absolute atomic E-state index is 0.274. The first-order valence-corrected chi connectivity index (χ1v) is 11.4. The second kappa shape index (κ2) is 16.0. The zero-order valence-corrected chi connectivity index (χ0v) is 19.4. The highest BCUT2D eigenvalue weighted by atomic mass is 16.5. The molecule has 2 saturated carbocycles. The van der Waals surface area contributed by atoms with E-state index in [0.29, 0.717) is 5.76 Å². The molecule has 3 heteroatoms. The van der Waals surface area contributed by atoms with Crippen molar-refractivity contribution in [2.45, 2.75) is 112 Å². The van der Waals surface area contributed by atoms with Crippen molar-refractivity contribution in [1.82, 2.24) is 4.90 Å². The Kier molecular flexibility index (Phi) is 15.4. The smallest absolute Gasteiger partial charge is 0.186 e. The molecule has 27 heavy (non-hydrogen) atoms. The van der Waals surface area contributed by atoms with E-state index in [1.165, 1.54) is 51.4 Å². The maximum absolute atomic E-state index is 10.8. The van der Waals surface area contributed by atoms with Crippen LogP contribution >= 0.6 is 0 Å². The lowest BCUT2D eigenvalue weighted by atomic mass is 9.91. The summed E-state index contributed by atoms with van der Waals surface area (Å²) in [5.41, 5.74) is 0.925. The third-order valence-electron chi connectivity index (χ3n) is 6.14. The predicted octanol–water partition coefficient (Wildman–Crippen LogP) is 6.97. The quantitative estimate of drug-likeness (QED) is 0.271. The van der Waals surface area contributed by atoms with Crippen molar-refractivity contribution in [1.29, 1.82) is 0 Å². The molecule has 0 bridgehead atoms. The highest BCUT2D eigenvalue weighted by Crippen LogP contribution is 2.25. The normalized spacial score (nSPS) is 18.2. The van der Waals surface area contributed by atoms with E-state index in [4.69, 9.17) is 4.74 Å². The van der Waals surface area contributed by atoms with Gasteiger partial charge in [-0.05, 0) is 44.9 Å². The second-order valence-electron chi connectivity index (χ2n) is 8.42. The van der Waals surface area contributed by atoms with E-state index in [1.807, 2.05) is 18.9 Å². The van der Waals surface area contributed by atoms with Crippen molar-refractivity contribution in [2.24, 2.45) is 11.8 Å². The van der Waals surface area contributed by atoms with Crippen molar-refractivity contribution in [2.75, 3.05) is 13.6 Å². The molecule has 2 aliphatic carbocycles. The van der Waals surface area contributed by atoms with Gasteiger partial charge >= 0.3 is 0 Å². The summed E-state index contributed by atoms with van der Waals surface area (Å²) < 4.78 is 5.59. The maximum Gasteiger partial charge on any atom is 0.186 e. The van der Waals surface area contributed by atoms with E-state index in [2.05, 4.69) is 34.6 Å². The lowest BCUT2D eigenvalue weighted by Gasteiger charge is -2.28. The molecule has 160 valence electrons. The fourth-order valence-electron chi connectivity index (χ4n) is 2.89. The Labute approximate surface area is 169 Å². The molecule has 3 nitrogen and oxygen atoms in total. The molecule has 0 saturated heterocycles. The lowest BCUT2D eigenvalue weighted by Crippen LogP contribution is -2.25. The SMILES string of the molecule is CC1CCCCC1.CCC(C)CC.CCN(C)/C(C)=C(/C=O)OC1CCC1. The fraction of sp³-hybridized carbons (Fsp3) is 0.875. The molecule has 2 fully saturated rings. The summed E-state index contributed by atoms with van der Waals surface area (Å²) in [5.74, 6) is 2.47. The zero-order valence-electron chi connectivity index (χ0n) is 19.4. The standard InChI is InChI=1S/C11H19NO2.C7H14.C6H14/c1-4-12(3)9(2)11(8-13)14-10-6-5-7-10;1-7-5-3-2-4-6-7;1-4-6(3)5-2/h8,10H,4-7H2,1-3H3;7H,2-6H2,1H3;6H,4-5H2,1-3H3/b11-9-;;. The van der Waals surface area contributed by atoms with E-state index < -0.39 is 0 Å². The molecular formula is C24H47NO2. The van der Waals surface area contributed by atoms with Crippen LogP contribution in [0.2, 0.25) is 0 Å². The van der Waals surface area contributed by atoms with E-state index in [-0.39, 0.29) is 6.10 Å². The second-order valence-corrected chi connectivity index (χ2v) is 8.42. The Morgan fingerprint density at radius 3 is 1.85 bits per heavy atom. The molecule has 0 atom stereocenters. The Bertz CT molecular complexity index is 391. The molecule has 2 rings (SSSR count). The molecule has 2 aliphatic rings. The van der Waals surface area contributed by atoms with Crippen LogP contribution in [0.5, 0.6) is 0 Å². The van der Waals surface area contributed by atoms with E-state index >= 15 is 0 Å². The van der Waals surface area contributed by atoms with Gasteiger partial charge in [0.2, 0.25) is 0 Å². The van der Waals surface area contributed by atoms with Crippen LogP contribution in [-0.2, 0) is 9.53 Å². The summed E-state index contributed by atoms with van der Waals surface area (Å²) in [6.07, 6.45) is 14.6. The lowest BCUT2D eigenvalue weighted by molar-refractivity contribution is -0.110. The summed E-state index contributed by atoms with van der Waals surface area (Å²) in [7, 11) is 1.96. The average molecular weight is 382 g/mol. The van der Waals surface area contributed by atoms with Crippen LogP contribution in [0.3, 0.4) is 0 Å². The molecule has 0 unspecified atom stereocenters. The van der Waals surface area contributed by atoms with E-state index in [1.54, 1.807) is 0 Å². The third-order valence-corrected chi connectivity index (χ3v) is 6.14. The van der Waals surface area contributed by atoms with Gasteiger partial charge in [0.25, 0.3) is 0 Å². The van der Waals surface area contributed by atoms with Crippen molar-refractivity contribution in [3.63, 3.8) is 0 Å². The minimum atomic E-state index is 0.274. The molecule has 0 radical (unpaired) electrons. The summed E-state index contributed by atoms with van der Waals surface area (Å²) >= 11 is 0. The van der Waals surface area contributed by atoms with Gasteiger partial charge in [0.15, 0.2) is 12.0 Å². The van der Waals surface area contributed by atoms with Crippen LogP contribution in [-0.4, -0.2) is 30.9 Å². The van der Waals surface area contributed by atoms with Crippen molar-refractivity contribution in [3.8, 4) is 0 Å². The van der Waals surface area contributed by atoms with Gasteiger partial charge in [0, 0.05) is 13.6 Å². The minimum Gasteiger partial charge on any atom is -0.485 e. The molecule has 0 aliphatic heterocycles. The van der Waals surface area contributed by atoms with Gasteiger partial charge in [-0.25, -0.2) is 0 Å². The average Bonchev–Trinajstić information content (AvgIpc) is 2.67. The summed E-state index contributed by atoms with van der Waals surface area (Å²) in [6, 6.07) is 0. The predicted molar refractivity (Wildman–Crippen MR) is 118 cm³/mol. The molecule has 0 aromatic heterocycles. The first-order chi connectivity index (χ1) is 12.9. The summed E-state index contributed by atoms with van der Waals surface area (Å²) in [5, 5.41) is 0. The first kappa shape index (κ1) is 26.0. The van der Waals surface area contributed by atoms with Gasteiger partial charge in [0.05, 0.1) is 11.8 Å². The summed E-state index contributed by atoms with van der Waals surface area (Å²) in [6.45, 7) is 14.0. The highest BCUT2D eigenvalue weighted by molar-refractivity contribution is 5.71. The zero-order chi connectivity index (χ0) is 20.7. The number of carbonyl (C=O) groups is 1. The monoisotopic (exact) mass is 381 g/mol. The summed E-state index contributed by atoms with van der Waals surface area (Å²) in [4.78, 5) is 12.8. The maximum atomic E-state index is 10.8. The number of hydrogen-bond acceptors (Lipinski definition) is 3. The van der Waals surface area contributed by atoms with Crippen LogP contribution in [0.4, 0.5) is 0 Å². The first-order valence-electron chi connectivity index (χ1n) is 11.4. The van der Waals surface area contributed by atoms with Gasteiger partial charge in [0.1, 0.15) is 0 Å². The Morgan fingerprint density at radius 2 is 1.59 bits per heavy atom. The van der Waals surface area contributed by atoms with Gasteiger partial charge in [-0.3, -0.25) is 4.79 Å². The van der Waals surface area contributed by atoms with Crippen molar-refractivity contribution >= 4 is 6.29 Å². The molecule has 0 aromatic carbocycles. The molecule has 0 amide bonds. The number of hydrogen-bond donors (Lipinski definition) is 0. The number of aldehydes is 1. The van der Waals surface area contributed by atoms with Crippen molar-refractivity contribution in [3.05, 3.63) is 11.5 Å². The Morgan fingerprint density at radius 1 is 1.04 bits per heavy atom. The van der Waals surface area contributed by atoms with Crippen LogP contribution in [0.1, 0.15) is 106 Å². The van der Waals surface area contributed by atoms with Gasteiger partial charge in [-0.15, -0.1) is 0 Å². The van der Waals surface area contributed by atoms with Gasteiger partial charge < -0.3 is 9.64 Å². The molecule has 0 N–H and O–H groups in total. The molecule has 0 aromatic rings. The Balaban J connectivity index is 0.000000433. The van der Waals surface area contributed by atoms with Gasteiger partial charge in [-0.2, -0.15) is 0 Å². The van der Waals surface area contributed by atoms with E-state index in [9.17, 15) is 4.79 Å². The molecule has 0 spiro atoms. The topological polar surface area (TPSA) is 29.5 Å². The van der Waals surface area contributed by atoms with E-state index in [0.717, 1.165) is 43.2 Å². The number of allylic oxidation sites excluding steroid dienone is 2. The van der Waals surface area contributed by atoms with Gasteiger partial charge in [-0.1, -0.05) is 72.6 Å². The molecule has 0 heterocycles. The molecular weight excluding hydrogens is 334 g/mol. The Hall–Kier alpha value is -0.990. The number of carbonyl (C=O) groups excluding carboxylic acids is 1. The van der Waals surface area contributed by atoms with Crippen LogP contribution < -0.4 is 0 Å². The highest BCUT2D eigenvalue weighted by Gasteiger charge is 2.21. The number of rotatable bonds is 7. The van der Waals surface area contributed by atoms with Crippen LogP contribution in [0.15, 0.2) is 11.5 Å². The number of nitrogens with zero attached hydrogens (tertiary/aromatic N) is 1. The largest absolute Gasteiger partial charge is 0.485 e. The van der Waals surface area contributed by atoms with Crippen molar-refractivity contribution < 1.29 is 9.53 Å². The number of ether oxygens (including phenoxy) is 1. The van der Waals surface area contributed by atoms with Crippen LogP contribution in [0, 0.1) is 11.8 Å². The van der Waals surface area contributed by atoms with Crippen LogP contribution in [0.25, 0.3) is 0 Å².